The second-order valence-electron chi connectivity index (χ2n) is 6.78. The number of carbonyl (C=O) groups excluding carboxylic acids is 5. The van der Waals surface area contributed by atoms with Gasteiger partial charge in [0.15, 0.2) is 0 Å². The number of rotatable bonds is 5. The summed E-state index contributed by atoms with van der Waals surface area (Å²) in [5.41, 5.74) is -1.87. The Morgan fingerprint density at radius 1 is 0.966 bits per heavy atom. The molecular weight excluding hydrogens is 382 g/mol. The molecule has 0 unspecified atom stereocenters. The Hall–Kier alpha value is -3.49. The third-order valence-electron chi connectivity index (χ3n) is 3.55. The van der Waals surface area contributed by atoms with Crippen molar-refractivity contribution in [1.82, 2.24) is 4.90 Å². The summed E-state index contributed by atoms with van der Waals surface area (Å²) in [6, 6.07) is 5.84. The number of carbonyl (C=O) groups is 5. The first-order chi connectivity index (χ1) is 13.4. The van der Waals surface area contributed by atoms with E-state index < -0.39 is 40.8 Å². The van der Waals surface area contributed by atoms with Gasteiger partial charge in [-0.3, -0.25) is 19.3 Å². The number of para-hydroxylation sites is 1. The molecule has 2 amide bonds. The second-order valence-corrected chi connectivity index (χ2v) is 6.78. The van der Waals surface area contributed by atoms with Crippen molar-refractivity contribution in [3.8, 4) is 5.75 Å². The highest BCUT2D eigenvalue weighted by molar-refractivity contribution is 6.24. The largest absolute Gasteiger partial charge is 0.466 e. The molecule has 1 aromatic rings. The summed E-state index contributed by atoms with van der Waals surface area (Å²) in [5, 5.41) is 0. The summed E-state index contributed by atoms with van der Waals surface area (Å²) in [4.78, 5) is 62.2. The number of amides is 2. The van der Waals surface area contributed by atoms with Gasteiger partial charge in [-0.1, -0.05) is 12.1 Å². The molecule has 0 radical (unpaired) electrons. The fourth-order valence-electron chi connectivity index (χ4n) is 2.32. The van der Waals surface area contributed by atoms with E-state index in [1.165, 1.54) is 25.1 Å². The van der Waals surface area contributed by atoms with Gasteiger partial charge in [0.05, 0.1) is 19.8 Å². The lowest BCUT2D eigenvalue weighted by Crippen LogP contribution is -2.51. The van der Waals surface area contributed by atoms with E-state index in [-0.39, 0.29) is 11.3 Å². The molecule has 0 aromatic heterocycles. The third-order valence-corrected chi connectivity index (χ3v) is 3.55. The number of nitrogens with zero attached hydrogens (tertiary/aromatic N) is 1. The van der Waals surface area contributed by atoms with Crippen LogP contribution >= 0.6 is 0 Å². The van der Waals surface area contributed by atoms with Crippen LogP contribution in [0.4, 0.5) is 0 Å². The number of hydrogen-bond acceptors (Lipinski definition) is 8. The highest BCUT2D eigenvalue weighted by atomic mass is 16.5. The Bertz CT molecular complexity index is 863. The lowest BCUT2D eigenvalue weighted by Gasteiger charge is -2.34. The van der Waals surface area contributed by atoms with E-state index in [4.69, 9.17) is 4.74 Å². The predicted molar refractivity (Wildman–Crippen MR) is 101 cm³/mol. The van der Waals surface area contributed by atoms with Gasteiger partial charge in [0.2, 0.25) is 0 Å². The molecule has 0 fully saturated rings. The highest BCUT2D eigenvalue weighted by Gasteiger charge is 2.38. The van der Waals surface area contributed by atoms with Crippen LogP contribution in [0.3, 0.4) is 0 Å². The number of methoxy groups -OCH3 is 2. The minimum absolute atomic E-state index is 0.0522. The van der Waals surface area contributed by atoms with Gasteiger partial charge in [0.1, 0.15) is 11.3 Å². The van der Waals surface area contributed by atoms with Crippen molar-refractivity contribution in [2.75, 3.05) is 14.2 Å². The molecular formula is C20H23NO8. The Morgan fingerprint density at radius 3 is 2.03 bits per heavy atom. The first-order valence-corrected chi connectivity index (χ1v) is 8.48. The zero-order valence-corrected chi connectivity index (χ0v) is 17.1. The first kappa shape index (κ1) is 23.5. The van der Waals surface area contributed by atoms with Crippen molar-refractivity contribution in [1.29, 1.82) is 0 Å². The summed E-state index contributed by atoms with van der Waals surface area (Å²) in [7, 11) is 2.10. The number of hydrogen-bond donors (Lipinski definition) is 0. The number of ether oxygens (including phenoxy) is 3. The van der Waals surface area contributed by atoms with E-state index in [2.05, 4.69) is 9.47 Å². The number of benzene rings is 1. The quantitative estimate of drug-likeness (QED) is 0.239. The molecule has 0 aliphatic rings. The topological polar surface area (TPSA) is 116 Å². The van der Waals surface area contributed by atoms with Crippen molar-refractivity contribution in [3.05, 3.63) is 41.5 Å². The molecule has 0 aliphatic heterocycles. The second kappa shape index (κ2) is 9.63. The molecule has 1 rings (SSSR count). The standard InChI is InChI=1S/C20H23NO8/c1-12(22)29-15-10-8-7-9-13(15)17(24)21(20(2,3)4)18(25)14(19(26)28-6)11-16(23)27-5/h7-11H,1-6H3/b14-11+. The Balaban J connectivity index is 3.55. The van der Waals surface area contributed by atoms with Crippen molar-refractivity contribution in [3.63, 3.8) is 0 Å². The van der Waals surface area contributed by atoms with E-state index >= 15 is 0 Å². The Kier molecular flexibility index (Phi) is 7.82. The molecule has 0 saturated heterocycles. The van der Waals surface area contributed by atoms with Gasteiger partial charge in [-0.05, 0) is 32.9 Å². The molecule has 0 atom stereocenters. The first-order valence-electron chi connectivity index (χ1n) is 8.48. The van der Waals surface area contributed by atoms with Crippen molar-refractivity contribution < 1.29 is 38.2 Å². The Morgan fingerprint density at radius 2 is 1.55 bits per heavy atom. The summed E-state index contributed by atoms with van der Waals surface area (Å²) in [6.07, 6.45) is 0.651. The number of imide groups is 1. The van der Waals surface area contributed by atoms with Crippen LogP contribution in [0.5, 0.6) is 5.75 Å². The van der Waals surface area contributed by atoms with Gasteiger partial charge in [0.25, 0.3) is 11.8 Å². The zero-order chi connectivity index (χ0) is 22.4. The highest BCUT2D eigenvalue weighted by Crippen LogP contribution is 2.26. The van der Waals surface area contributed by atoms with Crippen molar-refractivity contribution in [2.45, 2.75) is 33.2 Å². The van der Waals surface area contributed by atoms with Crippen LogP contribution in [-0.2, 0) is 28.7 Å². The zero-order valence-electron chi connectivity index (χ0n) is 17.1. The molecule has 0 heterocycles. The van der Waals surface area contributed by atoms with E-state index in [0.29, 0.717) is 6.08 Å². The smallest absolute Gasteiger partial charge is 0.343 e. The molecule has 156 valence electrons. The average molecular weight is 405 g/mol. The summed E-state index contributed by atoms with van der Waals surface area (Å²) in [6.45, 7) is 5.85. The predicted octanol–water partition coefficient (Wildman–Crippen LogP) is 1.65. The molecule has 9 nitrogen and oxygen atoms in total. The molecule has 9 heteroatoms. The van der Waals surface area contributed by atoms with Crippen LogP contribution in [0.2, 0.25) is 0 Å². The maximum Gasteiger partial charge on any atom is 0.343 e. The molecule has 0 aliphatic carbocycles. The van der Waals surface area contributed by atoms with Crippen molar-refractivity contribution in [2.24, 2.45) is 0 Å². The summed E-state index contributed by atoms with van der Waals surface area (Å²) in [5.74, 6) is -4.70. The van der Waals surface area contributed by atoms with Gasteiger partial charge in [-0.2, -0.15) is 0 Å². The summed E-state index contributed by atoms with van der Waals surface area (Å²) >= 11 is 0. The van der Waals surface area contributed by atoms with Crippen LogP contribution in [0, 0.1) is 0 Å². The van der Waals surface area contributed by atoms with Gasteiger partial charge in [-0.15, -0.1) is 0 Å². The van der Waals surface area contributed by atoms with Crippen LogP contribution in [0.25, 0.3) is 0 Å². The lowest BCUT2D eigenvalue weighted by molar-refractivity contribution is -0.142. The molecule has 0 saturated carbocycles. The average Bonchev–Trinajstić information content (AvgIpc) is 2.63. The minimum Gasteiger partial charge on any atom is -0.466 e. The van der Waals surface area contributed by atoms with E-state index in [9.17, 15) is 24.0 Å². The monoisotopic (exact) mass is 405 g/mol. The Labute approximate surface area is 168 Å². The van der Waals surface area contributed by atoms with Crippen LogP contribution in [0.1, 0.15) is 38.1 Å². The van der Waals surface area contributed by atoms with Gasteiger partial charge in [-0.25, -0.2) is 9.59 Å². The SMILES string of the molecule is COC(=O)/C=C(/C(=O)OC)C(=O)N(C(=O)c1ccccc1OC(C)=O)C(C)(C)C. The third kappa shape index (κ3) is 6.00. The minimum atomic E-state index is -1.12. The molecule has 29 heavy (non-hydrogen) atoms. The maximum absolute atomic E-state index is 13.2. The molecule has 1 aromatic carbocycles. The van der Waals surface area contributed by atoms with Crippen molar-refractivity contribution >= 4 is 29.7 Å². The van der Waals surface area contributed by atoms with Crippen LogP contribution in [-0.4, -0.2) is 54.4 Å². The van der Waals surface area contributed by atoms with Gasteiger partial charge >= 0.3 is 17.9 Å². The van der Waals surface area contributed by atoms with Gasteiger partial charge in [0, 0.05) is 18.5 Å². The van der Waals surface area contributed by atoms with Gasteiger partial charge < -0.3 is 14.2 Å². The number of esters is 3. The lowest BCUT2D eigenvalue weighted by atomic mass is 10.0. The van der Waals surface area contributed by atoms with Crippen LogP contribution in [0.15, 0.2) is 35.9 Å². The van der Waals surface area contributed by atoms with Crippen LogP contribution < -0.4 is 4.74 Å². The summed E-state index contributed by atoms with van der Waals surface area (Å²) < 4.78 is 14.1. The fourth-order valence-corrected chi connectivity index (χ4v) is 2.32. The molecule has 0 spiro atoms. The fraction of sp³-hybridized carbons (Fsp3) is 0.350. The molecule has 0 bridgehead atoms. The van der Waals surface area contributed by atoms with E-state index in [0.717, 1.165) is 19.1 Å². The van der Waals surface area contributed by atoms with E-state index in [1.54, 1.807) is 26.8 Å². The normalized spacial score (nSPS) is 11.3. The maximum atomic E-state index is 13.2. The molecule has 0 N–H and O–H groups in total. The van der Waals surface area contributed by atoms with E-state index in [1.807, 2.05) is 0 Å².